The van der Waals surface area contributed by atoms with Crippen molar-refractivity contribution in [3.63, 3.8) is 0 Å². The fourth-order valence-electron chi connectivity index (χ4n) is 11.4. The van der Waals surface area contributed by atoms with E-state index in [9.17, 15) is 18.4 Å². The lowest BCUT2D eigenvalue weighted by molar-refractivity contribution is -0.150. The number of alkyl halides is 2. The number of aryl methyl sites for hydroxylation is 3. The van der Waals surface area contributed by atoms with Crippen LogP contribution in [0.5, 0.6) is 0 Å². The summed E-state index contributed by atoms with van der Waals surface area (Å²) in [6.45, 7) is 17.0. The van der Waals surface area contributed by atoms with Crippen LogP contribution < -0.4 is 5.46 Å². The summed E-state index contributed by atoms with van der Waals surface area (Å²) in [7, 11) is -1.40. The topological polar surface area (TPSA) is 93.1 Å². The molecule has 0 amide bonds. The average molecular weight is 1240 g/mol. The number of carbonyl (C=O) groups excluding carboxylic acids is 2. The van der Waals surface area contributed by atoms with E-state index < -0.39 is 30.3 Å². The molecule has 91 heavy (non-hydrogen) atoms. The highest BCUT2D eigenvalue weighted by atomic mass is 19.1. The van der Waals surface area contributed by atoms with Gasteiger partial charge < -0.3 is 19.5 Å². The molecule has 9 heteroatoms. The van der Waals surface area contributed by atoms with Crippen LogP contribution in [-0.2, 0) is 31.9 Å². The van der Waals surface area contributed by atoms with E-state index in [0.29, 0.717) is 18.3 Å². The highest BCUT2D eigenvalue weighted by Gasteiger charge is 2.28. The molecule has 8 aromatic rings. The number of ether oxygens (including phenoxy) is 2. The number of rotatable bonds is 33. The molecule has 0 spiro atoms. The number of benzene rings is 8. The Hall–Kier alpha value is -6.94. The van der Waals surface area contributed by atoms with Crippen molar-refractivity contribution in [3.05, 3.63) is 198 Å². The molecule has 0 aliphatic carbocycles. The van der Waals surface area contributed by atoms with Gasteiger partial charge in [-0.1, -0.05) is 293 Å². The van der Waals surface area contributed by atoms with Gasteiger partial charge in [-0.3, -0.25) is 9.59 Å². The van der Waals surface area contributed by atoms with E-state index in [1.165, 1.54) is 124 Å². The maximum absolute atomic E-state index is 14.6. The summed E-state index contributed by atoms with van der Waals surface area (Å²) in [5.74, 6) is -1.62. The summed E-state index contributed by atoms with van der Waals surface area (Å²) in [6.07, 6.45) is 23.7. The van der Waals surface area contributed by atoms with Crippen LogP contribution in [0, 0.1) is 6.92 Å². The van der Waals surface area contributed by atoms with E-state index in [-0.39, 0.29) is 25.2 Å². The highest BCUT2D eigenvalue weighted by Crippen LogP contribution is 2.32. The summed E-state index contributed by atoms with van der Waals surface area (Å²) in [5, 5.41) is 22.7. The molecular weight excluding hydrogens is 1130 g/mol. The number of esters is 2. The molecule has 0 saturated heterocycles. The fraction of sp³-hybridized carbons (Fsp3) is 0.439. The van der Waals surface area contributed by atoms with Crippen molar-refractivity contribution in [1.29, 1.82) is 0 Å². The van der Waals surface area contributed by atoms with Crippen LogP contribution in [0.3, 0.4) is 0 Å². The van der Waals surface area contributed by atoms with Gasteiger partial charge in [0.2, 0.25) is 0 Å². The quantitative estimate of drug-likeness (QED) is 0.0242. The number of hydrogen-bond donors (Lipinski definition) is 2. The van der Waals surface area contributed by atoms with E-state index in [4.69, 9.17) is 19.5 Å². The first kappa shape index (κ1) is 73.1. The van der Waals surface area contributed by atoms with Crippen LogP contribution in [0.4, 0.5) is 8.78 Å². The maximum atomic E-state index is 14.6. The smallest absolute Gasteiger partial charge is 0.462 e. The number of halogens is 2. The normalized spacial score (nSPS) is 13.2. The lowest BCUT2D eigenvalue weighted by Gasteiger charge is -2.21. The van der Waals surface area contributed by atoms with Gasteiger partial charge >= 0.3 is 19.1 Å². The molecule has 0 fully saturated rings. The first-order valence-corrected chi connectivity index (χ1v) is 34.3. The maximum Gasteiger partial charge on any atom is 0.488 e. The standard InChI is InChI=1S/C40H49FO2.C22H29FO2.C20H27BO2/c1-5-7-9-10-11-12-13-31-14-16-32(17-15-31)33-18-20-34(21-19-33)36-24-25-37-27-35(22-23-38(37)28-36)30(3)39(42)43-29-40(4,41)26-8-6-2;1-5-6-7-12-22(4,23)15-25-21(24)17(3)18-10-11-19-13-16(2)8-9-20(19)14-18;1-2-3-4-5-6-7-8-17-9-11-18(12-10-17)19-13-15-20(16-14-19)21(22)23/h14-25,27-28,30H,5-13,26,29H2,1-4H3;8-11,13-14,17H,5-7,12,15H2,1-4H3;9-16,22-23H,2-8H2,1H3/t30-,40-;17-,22-;/m00./s1. The second kappa shape index (κ2) is 38.2. The van der Waals surface area contributed by atoms with Crippen molar-refractivity contribution in [3.8, 4) is 33.4 Å². The Kier molecular flexibility index (Phi) is 30.7. The van der Waals surface area contributed by atoms with E-state index in [1.807, 2.05) is 63.2 Å². The average Bonchev–Trinajstić information content (AvgIpc) is 1.16. The predicted octanol–water partition coefficient (Wildman–Crippen LogP) is 21.7. The number of unbranched alkanes of at least 4 members (excludes halogenated alkanes) is 13. The highest BCUT2D eigenvalue weighted by molar-refractivity contribution is 6.58. The molecule has 0 radical (unpaired) electrons. The van der Waals surface area contributed by atoms with Gasteiger partial charge in [0.15, 0.2) is 0 Å². The lowest BCUT2D eigenvalue weighted by Crippen LogP contribution is -2.29. The second-order valence-electron chi connectivity index (χ2n) is 26.0. The van der Waals surface area contributed by atoms with Crippen molar-refractivity contribution < 1.29 is 37.9 Å². The van der Waals surface area contributed by atoms with Gasteiger partial charge in [-0.05, 0) is 162 Å². The molecule has 486 valence electrons. The molecule has 0 aliphatic rings. The minimum absolute atomic E-state index is 0.174. The molecule has 0 heterocycles. The van der Waals surface area contributed by atoms with E-state index in [2.05, 4.69) is 143 Å². The number of carbonyl (C=O) groups is 2. The Bertz CT molecular complexity index is 3410. The van der Waals surface area contributed by atoms with Gasteiger partial charge in [0.1, 0.15) is 24.6 Å². The molecule has 8 aromatic carbocycles. The molecule has 2 N–H and O–H groups in total. The first-order valence-electron chi connectivity index (χ1n) is 34.3. The van der Waals surface area contributed by atoms with Crippen molar-refractivity contribution in [2.24, 2.45) is 0 Å². The van der Waals surface area contributed by atoms with Crippen molar-refractivity contribution in [2.45, 2.75) is 220 Å². The third-order valence-electron chi connectivity index (χ3n) is 17.6. The second-order valence-corrected chi connectivity index (χ2v) is 26.0. The van der Waals surface area contributed by atoms with Crippen molar-refractivity contribution >= 4 is 46.1 Å². The van der Waals surface area contributed by atoms with Gasteiger partial charge in [-0.25, -0.2) is 8.78 Å². The number of hydrogen-bond acceptors (Lipinski definition) is 6. The summed E-state index contributed by atoms with van der Waals surface area (Å²) in [6, 6.07) is 58.6. The fourth-order valence-corrected chi connectivity index (χ4v) is 11.4. The van der Waals surface area contributed by atoms with E-state index in [1.54, 1.807) is 12.1 Å². The summed E-state index contributed by atoms with van der Waals surface area (Å²) < 4.78 is 39.7. The van der Waals surface area contributed by atoms with Gasteiger partial charge in [0, 0.05) is 0 Å². The van der Waals surface area contributed by atoms with Crippen molar-refractivity contribution in [2.75, 3.05) is 13.2 Å². The monoisotopic (exact) mass is 1230 g/mol. The van der Waals surface area contributed by atoms with Gasteiger partial charge in [-0.2, -0.15) is 0 Å². The minimum Gasteiger partial charge on any atom is -0.462 e. The molecule has 0 bridgehead atoms. The lowest BCUT2D eigenvalue weighted by atomic mass is 9.80. The molecule has 0 saturated carbocycles. The van der Waals surface area contributed by atoms with Crippen LogP contribution in [0.25, 0.3) is 54.9 Å². The summed E-state index contributed by atoms with van der Waals surface area (Å²) >= 11 is 0. The summed E-state index contributed by atoms with van der Waals surface area (Å²) in [4.78, 5) is 25.0. The Balaban J connectivity index is 0.000000234. The van der Waals surface area contributed by atoms with Gasteiger partial charge in [0.05, 0.1) is 11.8 Å². The Labute approximate surface area is 545 Å². The largest absolute Gasteiger partial charge is 0.488 e. The van der Waals surface area contributed by atoms with E-state index in [0.717, 1.165) is 94.3 Å². The Morgan fingerprint density at radius 3 is 1.18 bits per heavy atom. The molecule has 0 aromatic heterocycles. The first-order chi connectivity index (χ1) is 43.8. The van der Waals surface area contributed by atoms with E-state index >= 15 is 0 Å². The van der Waals surface area contributed by atoms with Crippen LogP contribution in [-0.4, -0.2) is 53.7 Å². The number of fused-ring (bicyclic) bond motifs is 2. The molecule has 8 rings (SSSR count). The van der Waals surface area contributed by atoms with Gasteiger partial charge in [0.25, 0.3) is 0 Å². The predicted molar refractivity (Wildman–Crippen MR) is 381 cm³/mol. The molecule has 0 aliphatic heterocycles. The zero-order valence-electron chi connectivity index (χ0n) is 56.4. The van der Waals surface area contributed by atoms with Gasteiger partial charge in [-0.15, -0.1) is 0 Å². The minimum atomic E-state index is -1.49. The van der Waals surface area contributed by atoms with Crippen LogP contribution >= 0.6 is 0 Å². The van der Waals surface area contributed by atoms with Crippen LogP contribution in [0.15, 0.2) is 170 Å². The Morgan fingerprint density at radius 1 is 0.407 bits per heavy atom. The third-order valence-corrected chi connectivity index (χ3v) is 17.6. The Morgan fingerprint density at radius 2 is 0.736 bits per heavy atom. The van der Waals surface area contributed by atoms with Crippen LogP contribution in [0.1, 0.15) is 217 Å². The molecule has 0 unspecified atom stereocenters. The molecule has 6 nitrogen and oxygen atoms in total. The molecule has 4 atom stereocenters. The SMILES string of the molecule is CCCCCCCCc1ccc(-c2ccc(-c3ccc4cc([C@H](C)C(=O)OC[C@@](C)(F)CCCC)ccc4c3)cc2)cc1.CCCCCCCCc1ccc(-c2ccc(B(O)O)cc2)cc1.CCCCC[C@](C)(F)COC(=O)[C@@H](C)c1ccc2cc(C)ccc2c1. The van der Waals surface area contributed by atoms with Crippen molar-refractivity contribution in [1.82, 2.24) is 0 Å². The molecular formula is C82H105BF2O6. The zero-order chi connectivity index (χ0) is 65.6. The van der Waals surface area contributed by atoms with Crippen LogP contribution in [0.2, 0.25) is 0 Å². The third kappa shape index (κ3) is 24.9. The summed E-state index contributed by atoms with van der Waals surface area (Å²) in [5.41, 5.74) is 10.4. The zero-order valence-corrected chi connectivity index (χ0v) is 56.4.